The van der Waals surface area contributed by atoms with Crippen molar-refractivity contribution in [3.8, 4) is 0 Å². The maximum Gasteiger partial charge on any atom is 0.0724 e. The molecule has 2 N–H and O–H groups in total. The Balaban J connectivity index is 2.33. The maximum absolute atomic E-state index is 5.50. The summed E-state index contributed by atoms with van der Waals surface area (Å²) in [5, 5.41) is 0. The Hall–Kier alpha value is -0.120. The van der Waals surface area contributed by atoms with Crippen LogP contribution in [0.3, 0.4) is 0 Å². The number of hydrogen-bond donors (Lipinski definition) is 1. The van der Waals surface area contributed by atoms with Crippen LogP contribution < -0.4 is 5.73 Å². The van der Waals surface area contributed by atoms with E-state index in [-0.39, 0.29) is 0 Å². The van der Waals surface area contributed by atoms with Gasteiger partial charge in [-0.25, -0.2) is 0 Å². The van der Waals surface area contributed by atoms with Gasteiger partial charge in [-0.2, -0.15) is 0 Å². The predicted octanol–water partition coefficient (Wildman–Crippen LogP) is 0.302. The first-order valence-electron chi connectivity index (χ1n) is 4.73. The van der Waals surface area contributed by atoms with Crippen molar-refractivity contribution in [3.05, 3.63) is 0 Å². The molecule has 0 amide bonds. The second kappa shape index (κ2) is 4.80. The zero-order valence-corrected chi connectivity index (χ0v) is 8.12. The molecule has 0 bridgehead atoms. The third kappa shape index (κ3) is 2.44. The molecule has 0 aromatic rings. The first kappa shape index (κ1) is 9.96. The summed E-state index contributed by atoms with van der Waals surface area (Å²) in [4.78, 5) is 2.38. The monoisotopic (exact) mass is 172 g/mol. The lowest BCUT2D eigenvalue weighted by molar-refractivity contribution is -0.00384. The van der Waals surface area contributed by atoms with E-state index >= 15 is 0 Å². The fourth-order valence-electron chi connectivity index (χ4n) is 1.79. The van der Waals surface area contributed by atoms with E-state index in [1.165, 1.54) is 13.0 Å². The van der Waals surface area contributed by atoms with Crippen LogP contribution in [0.1, 0.15) is 13.3 Å². The van der Waals surface area contributed by atoms with E-state index in [9.17, 15) is 0 Å². The number of methoxy groups -OCH3 is 1. The summed E-state index contributed by atoms with van der Waals surface area (Å²) in [5.74, 6) is 0.698. The van der Waals surface area contributed by atoms with Crippen LogP contribution >= 0.6 is 0 Å². The van der Waals surface area contributed by atoms with Gasteiger partial charge in [0.25, 0.3) is 0 Å². The van der Waals surface area contributed by atoms with E-state index < -0.39 is 0 Å². The smallest absolute Gasteiger partial charge is 0.0724 e. The Morgan fingerprint density at radius 1 is 1.58 bits per heavy atom. The van der Waals surface area contributed by atoms with E-state index in [2.05, 4.69) is 11.8 Å². The van der Waals surface area contributed by atoms with Gasteiger partial charge in [0.05, 0.1) is 6.10 Å². The second-order valence-corrected chi connectivity index (χ2v) is 3.63. The highest BCUT2D eigenvalue weighted by Crippen LogP contribution is 2.18. The number of rotatable bonds is 3. The summed E-state index contributed by atoms with van der Waals surface area (Å²) in [6.45, 7) is 6.25. The molecule has 0 aromatic heterocycles. The van der Waals surface area contributed by atoms with E-state index in [1.54, 1.807) is 7.11 Å². The fourth-order valence-corrected chi connectivity index (χ4v) is 1.79. The van der Waals surface area contributed by atoms with Crippen molar-refractivity contribution in [2.75, 3.05) is 33.3 Å². The number of hydrogen-bond acceptors (Lipinski definition) is 3. The molecule has 0 spiro atoms. The highest BCUT2D eigenvalue weighted by atomic mass is 16.5. The van der Waals surface area contributed by atoms with Crippen molar-refractivity contribution in [1.29, 1.82) is 0 Å². The molecule has 3 heteroatoms. The fraction of sp³-hybridized carbons (Fsp3) is 1.00. The van der Waals surface area contributed by atoms with Gasteiger partial charge in [-0.15, -0.1) is 0 Å². The molecular formula is C9H20N2O. The molecule has 3 nitrogen and oxygen atoms in total. The highest BCUT2D eigenvalue weighted by molar-refractivity contribution is 4.78. The molecule has 1 heterocycles. The summed E-state index contributed by atoms with van der Waals surface area (Å²) in [5.41, 5.74) is 5.50. The number of piperidine rings is 1. The van der Waals surface area contributed by atoms with E-state index in [0.717, 1.165) is 19.6 Å². The van der Waals surface area contributed by atoms with Crippen molar-refractivity contribution in [1.82, 2.24) is 4.90 Å². The van der Waals surface area contributed by atoms with Gasteiger partial charge in [-0.3, -0.25) is 4.90 Å². The number of likely N-dealkylation sites (tertiary alicyclic amines) is 1. The minimum atomic E-state index is 0.408. The van der Waals surface area contributed by atoms with Crippen LogP contribution in [-0.2, 0) is 4.74 Å². The third-order valence-corrected chi connectivity index (χ3v) is 2.72. The quantitative estimate of drug-likeness (QED) is 0.665. The Kier molecular flexibility index (Phi) is 3.98. The first-order chi connectivity index (χ1) is 5.77. The van der Waals surface area contributed by atoms with Crippen LogP contribution in [-0.4, -0.2) is 44.3 Å². The second-order valence-electron chi connectivity index (χ2n) is 3.63. The largest absolute Gasteiger partial charge is 0.380 e. The zero-order chi connectivity index (χ0) is 8.97. The SMILES string of the molecule is COC1CN(CCN)CCC1C. The van der Waals surface area contributed by atoms with Crippen molar-refractivity contribution in [2.24, 2.45) is 11.7 Å². The Morgan fingerprint density at radius 2 is 2.33 bits per heavy atom. The zero-order valence-electron chi connectivity index (χ0n) is 8.12. The maximum atomic E-state index is 5.50. The molecule has 1 saturated heterocycles. The van der Waals surface area contributed by atoms with Gasteiger partial charge in [0.1, 0.15) is 0 Å². The van der Waals surface area contributed by atoms with Crippen LogP contribution in [0.2, 0.25) is 0 Å². The number of nitrogens with two attached hydrogens (primary N) is 1. The average Bonchev–Trinajstić information content (AvgIpc) is 2.09. The molecule has 2 unspecified atom stereocenters. The molecule has 1 aliphatic rings. The van der Waals surface area contributed by atoms with Gasteiger partial charge in [0.15, 0.2) is 0 Å². The molecule has 72 valence electrons. The van der Waals surface area contributed by atoms with Crippen LogP contribution in [0.15, 0.2) is 0 Å². The normalized spacial score (nSPS) is 32.2. The van der Waals surface area contributed by atoms with Crippen molar-refractivity contribution < 1.29 is 4.74 Å². The molecular weight excluding hydrogens is 152 g/mol. The van der Waals surface area contributed by atoms with Crippen molar-refractivity contribution >= 4 is 0 Å². The summed E-state index contributed by atoms with van der Waals surface area (Å²) in [7, 11) is 1.80. The lowest BCUT2D eigenvalue weighted by Crippen LogP contribution is -2.45. The summed E-state index contributed by atoms with van der Waals surface area (Å²) in [6.07, 6.45) is 1.64. The molecule has 1 fully saturated rings. The standard InChI is InChI=1S/C9H20N2O/c1-8-3-5-11(6-4-10)7-9(8)12-2/h8-9H,3-7,10H2,1-2H3. The lowest BCUT2D eigenvalue weighted by atomic mass is 9.96. The molecule has 1 aliphatic heterocycles. The summed E-state index contributed by atoms with van der Waals surface area (Å²) < 4.78 is 5.40. The number of nitrogens with zero attached hydrogens (tertiary/aromatic N) is 1. The van der Waals surface area contributed by atoms with E-state index in [4.69, 9.17) is 10.5 Å². The van der Waals surface area contributed by atoms with Crippen molar-refractivity contribution in [3.63, 3.8) is 0 Å². The van der Waals surface area contributed by atoms with Gasteiger partial charge >= 0.3 is 0 Å². The van der Waals surface area contributed by atoms with Gasteiger partial charge in [-0.1, -0.05) is 6.92 Å². The minimum absolute atomic E-state index is 0.408. The van der Waals surface area contributed by atoms with Gasteiger partial charge in [0.2, 0.25) is 0 Å². The predicted molar refractivity (Wildman–Crippen MR) is 50.1 cm³/mol. The van der Waals surface area contributed by atoms with E-state index in [0.29, 0.717) is 12.0 Å². The van der Waals surface area contributed by atoms with Crippen molar-refractivity contribution in [2.45, 2.75) is 19.4 Å². The minimum Gasteiger partial charge on any atom is -0.380 e. The van der Waals surface area contributed by atoms with Crippen LogP contribution in [0.4, 0.5) is 0 Å². The Bertz CT molecular complexity index is 130. The average molecular weight is 172 g/mol. The molecule has 0 radical (unpaired) electrons. The van der Waals surface area contributed by atoms with Gasteiger partial charge < -0.3 is 10.5 Å². The molecule has 0 aliphatic carbocycles. The molecule has 12 heavy (non-hydrogen) atoms. The van der Waals surface area contributed by atoms with Crippen LogP contribution in [0.5, 0.6) is 0 Å². The van der Waals surface area contributed by atoms with Gasteiger partial charge in [-0.05, 0) is 18.9 Å². The molecule has 0 saturated carbocycles. The molecule has 1 rings (SSSR count). The third-order valence-electron chi connectivity index (χ3n) is 2.72. The van der Waals surface area contributed by atoms with Gasteiger partial charge in [0, 0.05) is 26.7 Å². The Morgan fingerprint density at radius 3 is 2.92 bits per heavy atom. The summed E-state index contributed by atoms with van der Waals surface area (Å²) >= 11 is 0. The topological polar surface area (TPSA) is 38.5 Å². The lowest BCUT2D eigenvalue weighted by Gasteiger charge is -2.35. The molecule has 0 aromatic carbocycles. The first-order valence-corrected chi connectivity index (χ1v) is 4.73. The molecule has 2 atom stereocenters. The van der Waals surface area contributed by atoms with E-state index in [1.807, 2.05) is 0 Å². The highest BCUT2D eigenvalue weighted by Gasteiger charge is 2.24. The Labute approximate surface area is 74.9 Å². The summed E-state index contributed by atoms with van der Waals surface area (Å²) in [6, 6.07) is 0. The van der Waals surface area contributed by atoms with Crippen LogP contribution in [0, 0.1) is 5.92 Å². The van der Waals surface area contributed by atoms with Crippen LogP contribution in [0.25, 0.3) is 0 Å². The number of ether oxygens (including phenoxy) is 1.